The molecule has 0 aliphatic carbocycles. The molecule has 2 aromatic carbocycles. The van der Waals surface area contributed by atoms with Crippen molar-refractivity contribution in [3.05, 3.63) is 48.5 Å². The number of ether oxygens (including phenoxy) is 2. The number of nitrogens with zero attached hydrogens (tertiary/aromatic N) is 2. The van der Waals surface area contributed by atoms with E-state index in [1.54, 1.807) is 30.3 Å². The number of carboxylic acid groups (broad SMARTS) is 1. The lowest BCUT2D eigenvalue weighted by molar-refractivity contribution is -0.274. The molecular formula is C18H15F3N2O5. The van der Waals surface area contributed by atoms with E-state index in [1.807, 2.05) is 0 Å². The first kappa shape index (κ1) is 20.9. The molecule has 28 heavy (non-hydrogen) atoms. The van der Waals surface area contributed by atoms with Gasteiger partial charge in [0, 0.05) is 12.8 Å². The van der Waals surface area contributed by atoms with Crippen molar-refractivity contribution in [1.29, 1.82) is 0 Å². The van der Waals surface area contributed by atoms with Gasteiger partial charge in [0.2, 0.25) is 0 Å². The van der Waals surface area contributed by atoms with Crippen LogP contribution in [0.5, 0.6) is 11.5 Å². The summed E-state index contributed by atoms with van der Waals surface area (Å²) in [6.07, 6.45) is -5.44. The van der Waals surface area contributed by atoms with Gasteiger partial charge in [-0.2, -0.15) is 5.11 Å². The molecule has 0 aromatic heterocycles. The summed E-state index contributed by atoms with van der Waals surface area (Å²) in [7, 11) is 0. The number of hydrogen-bond donors (Lipinski definition) is 1. The average molecular weight is 396 g/mol. The molecule has 0 fully saturated rings. The normalized spacial score (nSPS) is 11.4. The summed E-state index contributed by atoms with van der Waals surface area (Å²) in [5.74, 6) is -2.88. The molecule has 0 spiro atoms. The number of benzene rings is 2. The number of hydrogen-bond acceptors (Lipinski definition) is 6. The predicted octanol–water partition coefficient (Wildman–Crippen LogP) is 5.16. The lowest BCUT2D eigenvalue weighted by atomic mass is 10.2. The van der Waals surface area contributed by atoms with Crippen molar-refractivity contribution in [2.75, 3.05) is 0 Å². The Morgan fingerprint density at radius 3 is 2.25 bits per heavy atom. The molecule has 0 aliphatic heterocycles. The van der Waals surface area contributed by atoms with Gasteiger partial charge >= 0.3 is 18.3 Å². The fourth-order valence-corrected chi connectivity index (χ4v) is 2.05. The predicted molar refractivity (Wildman–Crippen MR) is 90.9 cm³/mol. The molecule has 0 amide bonds. The van der Waals surface area contributed by atoms with E-state index >= 15 is 0 Å². The van der Waals surface area contributed by atoms with Crippen LogP contribution in [0.25, 0.3) is 0 Å². The molecule has 0 heterocycles. The Morgan fingerprint density at radius 1 is 0.929 bits per heavy atom. The Labute approximate surface area is 157 Å². The van der Waals surface area contributed by atoms with Crippen molar-refractivity contribution in [1.82, 2.24) is 0 Å². The third kappa shape index (κ3) is 7.06. The second-order valence-electron chi connectivity index (χ2n) is 5.41. The first-order chi connectivity index (χ1) is 13.2. The van der Waals surface area contributed by atoms with Crippen LogP contribution in [0.1, 0.15) is 19.3 Å². The van der Waals surface area contributed by atoms with Gasteiger partial charge < -0.3 is 14.6 Å². The molecule has 0 saturated heterocycles. The highest BCUT2D eigenvalue weighted by atomic mass is 19.4. The molecule has 0 saturated carbocycles. The largest absolute Gasteiger partial charge is 0.573 e. The van der Waals surface area contributed by atoms with Crippen LogP contribution >= 0.6 is 0 Å². The third-order valence-corrected chi connectivity index (χ3v) is 3.20. The minimum absolute atomic E-state index is 0.0216. The van der Waals surface area contributed by atoms with Crippen LogP contribution in [0.4, 0.5) is 24.5 Å². The smallest absolute Gasteiger partial charge is 0.481 e. The average Bonchev–Trinajstić information content (AvgIpc) is 2.60. The van der Waals surface area contributed by atoms with Crippen LogP contribution in [-0.2, 0) is 9.59 Å². The molecule has 0 bridgehead atoms. The monoisotopic (exact) mass is 396 g/mol. The Bertz CT molecular complexity index is 854. The van der Waals surface area contributed by atoms with E-state index in [-0.39, 0.29) is 25.0 Å². The minimum atomic E-state index is -4.98. The zero-order valence-electron chi connectivity index (χ0n) is 14.3. The highest BCUT2D eigenvalue weighted by molar-refractivity contribution is 5.76. The van der Waals surface area contributed by atoms with Gasteiger partial charge in [-0.05, 0) is 30.7 Å². The van der Waals surface area contributed by atoms with Crippen LogP contribution in [0, 0.1) is 0 Å². The standard InChI is InChI=1S/C18H15F3N2O5/c19-18(20,21)28-14-9-4-8-13(27-16(26)11-5-10-15(24)25)17(14)23-22-12-6-2-1-3-7-12/h1-4,6-9H,5,10-11H2,(H,24,25). The number of azo groups is 1. The van der Waals surface area contributed by atoms with Gasteiger partial charge in [0.1, 0.15) is 0 Å². The Morgan fingerprint density at radius 2 is 1.61 bits per heavy atom. The summed E-state index contributed by atoms with van der Waals surface area (Å²) in [6.45, 7) is 0. The van der Waals surface area contributed by atoms with E-state index in [0.29, 0.717) is 5.69 Å². The molecule has 0 aliphatic rings. The van der Waals surface area contributed by atoms with Gasteiger partial charge in [-0.25, -0.2) is 0 Å². The maximum atomic E-state index is 12.7. The number of carbonyl (C=O) groups excluding carboxylic acids is 1. The number of aliphatic carboxylic acids is 1. The molecule has 0 unspecified atom stereocenters. The fraction of sp³-hybridized carbons (Fsp3) is 0.222. The molecule has 148 valence electrons. The zero-order chi connectivity index (χ0) is 20.6. The number of carbonyl (C=O) groups is 2. The highest BCUT2D eigenvalue weighted by Gasteiger charge is 2.33. The summed E-state index contributed by atoms with van der Waals surface area (Å²) >= 11 is 0. The lowest BCUT2D eigenvalue weighted by Gasteiger charge is -2.13. The van der Waals surface area contributed by atoms with Crippen molar-refractivity contribution in [2.24, 2.45) is 10.2 Å². The van der Waals surface area contributed by atoms with Crippen molar-refractivity contribution >= 4 is 23.3 Å². The van der Waals surface area contributed by atoms with E-state index in [9.17, 15) is 22.8 Å². The Hall–Kier alpha value is -3.43. The van der Waals surface area contributed by atoms with Crippen molar-refractivity contribution in [3.63, 3.8) is 0 Å². The highest BCUT2D eigenvalue weighted by Crippen LogP contribution is 2.41. The summed E-state index contributed by atoms with van der Waals surface area (Å²) in [4.78, 5) is 22.4. The maximum Gasteiger partial charge on any atom is 0.573 e. The van der Waals surface area contributed by atoms with E-state index in [2.05, 4.69) is 15.0 Å². The summed E-state index contributed by atoms with van der Waals surface area (Å²) < 4.78 is 47.0. The van der Waals surface area contributed by atoms with Crippen LogP contribution in [-0.4, -0.2) is 23.4 Å². The van der Waals surface area contributed by atoms with Crippen molar-refractivity contribution < 1.29 is 37.3 Å². The number of halogens is 3. The molecule has 2 rings (SSSR count). The van der Waals surface area contributed by atoms with Gasteiger partial charge in [-0.3, -0.25) is 9.59 Å². The summed E-state index contributed by atoms with van der Waals surface area (Å²) in [5.41, 5.74) is -0.0571. The topological polar surface area (TPSA) is 97.5 Å². The molecule has 0 atom stereocenters. The van der Waals surface area contributed by atoms with Gasteiger partial charge in [-0.15, -0.1) is 18.3 Å². The maximum absolute atomic E-state index is 12.7. The number of alkyl halides is 3. The molecule has 2 aromatic rings. The van der Waals surface area contributed by atoms with E-state index in [4.69, 9.17) is 9.84 Å². The summed E-state index contributed by atoms with van der Waals surface area (Å²) in [6, 6.07) is 11.6. The van der Waals surface area contributed by atoms with Gasteiger partial charge in [0.05, 0.1) is 5.69 Å². The number of rotatable bonds is 8. The van der Waals surface area contributed by atoms with Crippen LogP contribution in [0.3, 0.4) is 0 Å². The van der Waals surface area contributed by atoms with Crippen LogP contribution in [0.15, 0.2) is 58.8 Å². The Balaban J connectivity index is 2.27. The minimum Gasteiger partial charge on any atom is -0.481 e. The van der Waals surface area contributed by atoms with Crippen LogP contribution in [0.2, 0.25) is 0 Å². The first-order valence-electron chi connectivity index (χ1n) is 8.02. The zero-order valence-corrected chi connectivity index (χ0v) is 14.3. The fourth-order valence-electron chi connectivity index (χ4n) is 2.05. The van der Waals surface area contributed by atoms with Gasteiger partial charge in [-0.1, -0.05) is 24.3 Å². The quantitative estimate of drug-likeness (QED) is 0.378. The Kier molecular flexibility index (Phi) is 7.08. The van der Waals surface area contributed by atoms with E-state index in [1.165, 1.54) is 12.1 Å². The van der Waals surface area contributed by atoms with Crippen molar-refractivity contribution in [2.45, 2.75) is 25.6 Å². The molecule has 10 heteroatoms. The number of carboxylic acids is 1. The van der Waals surface area contributed by atoms with Gasteiger partial charge in [0.25, 0.3) is 0 Å². The lowest BCUT2D eigenvalue weighted by Crippen LogP contribution is -2.17. The molecular weight excluding hydrogens is 381 g/mol. The van der Waals surface area contributed by atoms with E-state index < -0.39 is 29.7 Å². The first-order valence-corrected chi connectivity index (χ1v) is 8.02. The summed E-state index contributed by atoms with van der Waals surface area (Å²) in [5, 5.41) is 16.2. The molecule has 7 nitrogen and oxygen atoms in total. The second kappa shape index (κ2) is 9.49. The van der Waals surface area contributed by atoms with E-state index in [0.717, 1.165) is 6.07 Å². The number of esters is 1. The second-order valence-corrected chi connectivity index (χ2v) is 5.41. The molecule has 1 N–H and O–H groups in total. The van der Waals surface area contributed by atoms with Crippen molar-refractivity contribution in [3.8, 4) is 11.5 Å². The third-order valence-electron chi connectivity index (χ3n) is 3.20. The van der Waals surface area contributed by atoms with Gasteiger partial charge in [0.15, 0.2) is 17.2 Å². The molecule has 0 radical (unpaired) electrons. The van der Waals surface area contributed by atoms with Crippen LogP contribution < -0.4 is 9.47 Å². The SMILES string of the molecule is O=C(O)CCCC(=O)Oc1cccc(OC(F)(F)F)c1N=Nc1ccccc1.